The number of nitro groups is 1. The summed E-state index contributed by atoms with van der Waals surface area (Å²) in [5.41, 5.74) is 2.42. The highest BCUT2D eigenvalue weighted by molar-refractivity contribution is 7.22. The number of amides is 1. The van der Waals surface area contributed by atoms with E-state index in [-0.39, 0.29) is 18.0 Å². The number of fused-ring (bicyclic) bond motifs is 1. The Kier molecular flexibility index (Phi) is 7.00. The minimum absolute atomic E-state index is 0.00361. The van der Waals surface area contributed by atoms with E-state index in [2.05, 4.69) is 4.90 Å². The maximum atomic E-state index is 13.3. The van der Waals surface area contributed by atoms with E-state index in [0.29, 0.717) is 36.5 Å². The first-order valence-electron chi connectivity index (χ1n) is 10.3. The Bertz CT molecular complexity index is 1130. The molecule has 1 aromatic heterocycles. The summed E-state index contributed by atoms with van der Waals surface area (Å²) in [6.45, 7) is 6.18. The summed E-state index contributed by atoms with van der Waals surface area (Å²) >= 11 is 7.72. The van der Waals surface area contributed by atoms with Crippen molar-refractivity contribution < 1.29 is 14.5 Å². The number of thiazole rings is 1. The van der Waals surface area contributed by atoms with E-state index in [9.17, 15) is 14.9 Å². The van der Waals surface area contributed by atoms with Crippen molar-refractivity contribution in [3.63, 3.8) is 0 Å². The molecular weight excluding hydrogens is 452 g/mol. The van der Waals surface area contributed by atoms with Gasteiger partial charge < -0.3 is 4.74 Å². The summed E-state index contributed by atoms with van der Waals surface area (Å²) in [6.07, 6.45) is 0.136. The average Bonchev–Trinajstić information content (AvgIpc) is 3.22. The van der Waals surface area contributed by atoms with Gasteiger partial charge in [-0.1, -0.05) is 35.1 Å². The number of hydrogen-bond donors (Lipinski definition) is 0. The van der Waals surface area contributed by atoms with Gasteiger partial charge in [-0.25, -0.2) is 4.98 Å². The molecular formula is C22H23ClN4O4S. The Balaban J connectivity index is 1.58. The molecule has 0 bridgehead atoms. The van der Waals surface area contributed by atoms with E-state index in [4.69, 9.17) is 21.3 Å². The topological polar surface area (TPSA) is 88.8 Å². The molecule has 2 heterocycles. The van der Waals surface area contributed by atoms with E-state index in [1.54, 1.807) is 17.0 Å². The van der Waals surface area contributed by atoms with Gasteiger partial charge in [-0.05, 0) is 30.2 Å². The van der Waals surface area contributed by atoms with Crippen LogP contribution in [0.2, 0.25) is 5.02 Å². The lowest BCUT2D eigenvalue weighted by Gasteiger charge is -2.29. The van der Waals surface area contributed by atoms with Crippen molar-refractivity contribution in [2.75, 3.05) is 44.3 Å². The molecule has 0 saturated carbocycles. The predicted molar refractivity (Wildman–Crippen MR) is 126 cm³/mol. The van der Waals surface area contributed by atoms with Gasteiger partial charge in [0.25, 0.3) is 5.69 Å². The zero-order chi connectivity index (χ0) is 22.7. The highest BCUT2D eigenvalue weighted by Gasteiger charge is 2.23. The summed E-state index contributed by atoms with van der Waals surface area (Å²) in [5.74, 6) is -0.102. The minimum Gasteiger partial charge on any atom is -0.379 e. The molecule has 10 heteroatoms. The smallest absolute Gasteiger partial charge is 0.269 e. The van der Waals surface area contributed by atoms with Crippen LogP contribution in [-0.2, 0) is 16.0 Å². The molecule has 0 N–H and O–H groups in total. The van der Waals surface area contributed by atoms with Gasteiger partial charge in [0.05, 0.1) is 34.8 Å². The number of halogens is 1. The van der Waals surface area contributed by atoms with Crippen LogP contribution in [0.1, 0.15) is 11.1 Å². The molecule has 0 spiro atoms. The van der Waals surface area contributed by atoms with E-state index in [0.717, 1.165) is 34.4 Å². The molecule has 8 nitrogen and oxygen atoms in total. The van der Waals surface area contributed by atoms with E-state index >= 15 is 0 Å². The van der Waals surface area contributed by atoms with Crippen LogP contribution in [-0.4, -0.2) is 60.1 Å². The van der Waals surface area contributed by atoms with Gasteiger partial charge in [-0.3, -0.25) is 24.7 Å². The largest absolute Gasteiger partial charge is 0.379 e. The van der Waals surface area contributed by atoms with Crippen LogP contribution in [0.3, 0.4) is 0 Å². The number of carbonyl (C=O) groups excluding carboxylic acids is 1. The van der Waals surface area contributed by atoms with Crippen LogP contribution in [0.4, 0.5) is 10.8 Å². The molecule has 4 rings (SSSR count). The third-order valence-corrected chi connectivity index (χ3v) is 6.97. The van der Waals surface area contributed by atoms with Gasteiger partial charge in [-0.15, -0.1) is 0 Å². The molecule has 1 aliphatic rings. The molecule has 0 atom stereocenters. The summed E-state index contributed by atoms with van der Waals surface area (Å²) in [6, 6.07) is 9.86. The Hall–Kier alpha value is -2.59. The molecule has 32 heavy (non-hydrogen) atoms. The first kappa shape index (κ1) is 22.6. The van der Waals surface area contributed by atoms with Gasteiger partial charge in [0.15, 0.2) is 5.13 Å². The molecule has 0 aliphatic carbocycles. The fraction of sp³-hybridized carbons (Fsp3) is 0.364. The SMILES string of the molecule is Cc1c(Cl)ccc2sc(N(CCN3CCOCC3)C(=O)Cc3ccc([N+](=O)[O-])cc3)nc12. The fourth-order valence-corrected chi connectivity index (χ4v) is 4.82. The number of non-ortho nitro benzene ring substituents is 1. The third kappa shape index (κ3) is 5.07. The number of hydrogen-bond acceptors (Lipinski definition) is 7. The number of benzene rings is 2. The van der Waals surface area contributed by atoms with Crippen molar-refractivity contribution in [1.29, 1.82) is 0 Å². The second-order valence-electron chi connectivity index (χ2n) is 7.62. The third-order valence-electron chi connectivity index (χ3n) is 5.51. The average molecular weight is 475 g/mol. The lowest BCUT2D eigenvalue weighted by atomic mass is 10.1. The number of ether oxygens (including phenoxy) is 1. The molecule has 1 amide bonds. The number of nitrogens with zero attached hydrogens (tertiary/aromatic N) is 4. The molecule has 0 radical (unpaired) electrons. The van der Waals surface area contributed by atoms with Crippen LogP contribution < -0.4 is 4.90 Å². The minimum atomic E-state index is -0.450. The van der Waals surface area contributed by atoms with Crippen LogP contribution in [0.25, 0.3) is 10.2 Å². The van der Waals surface area contributed by atoms with E-state index in [1.807, 2.05) is 19.1 Å². The second kappa shape index (κ2) is 9.91. The first-order valence-corrected chi connectivity index (χ1v) is 11.5. The van der Waals surface area contributed by atoms with Crippen molar-refractivity contribution in [3.8, 4) is 0 Å². The molecule has 0 unspecified atom stereocenters. The van der Waals surface area contributed by atoms with Crippen LogP contribution >= 0.6 is 22.9 Å². The second-order valence-corrected chi connectivity index (χ2v) is 9.03. The van der Waals surface area contributed by atoms with Crippen molar-refractivity contribution in [2.45, 2.75) is 13.3 Å². The number of morpholine rings is 1. The fourth-order valence-electron chi connectivity index (χ4n) is 3.60. The molecule has 3 aromatic rings. The van der Waals surface area contributed by atoms with Crippen LogP contribution in [0, 0.1) is 17.0 Å². The maximum Gasteiger partial charge on any atom is 0.269 e. The Morgan fingerprint density at radius 1 is 1.25 bits per heavy atom. The van der Waals surface area contributed by atoms with Gasteiger partial charge in [0.1, 0.15) is 0 Å². The molecule has 1 aliphatic heterocycles. The summed E-state index contributed by atoms with van der Waals surface area (Å²) in [4.78, 5) is 32.5. The summed E-state index contributed by atoms with van der Waals surface area (Å²) in [5, 5.41) is 12.2. The highest BCUT2D eigenvalue weighted by Crippen LogP contribution is 2.33. The number of rotatable bonds is 7. The molecule has 168 valence electrons. The summed E-state index contributed by atoms with van der Waals surface area (Å²) in [7, 11) is 0. The number of anilines is 1. The molecule has 1 saturated heterocycles. The molecule has 2 aromatic carbocycles. The predicted octanol–water partition coefficient (Wildman–Crippen LogP) is 4.07. The van der Waals surface area contributed by atoms with Crippen molar-refractivity contribution in [2.24, 2.45) is 0 Å². The monoisotopic (exact) mass is 474 g/mol. The standard InChI is InChI=1S/C22H23ClN4O4S/c1-15-18(23)6-7-19-21(15)24-22(32-19)26(9-8-25-10-12-31-13-11-25)20(28)14-16-2-4-17(5-3-16)27(29)30/h2-7H,8-14H2,1H3. The van der Waals surface area contributed by atoms with Gasteiger partial charge in [0, 0.05) is 43.3 Å². The van der Waals surface area contributed by atoms with Crippen molar-refractivity contribution in [1.82, 2.24) is 9.88 Å². The van der Waals surface area contributed by atoms with Crippen LogP contribution in [0.15, 0.2) is 36.4 Å². The quantitative estimate of drug-likeness (QED) is 0.378. The van der Waals surface area contributed by atoms with Crippen molar-refractivity contribution >= 4 is 49.9 Å². The van der Waals surface area contributed by atoms with Gasteiger partial charge in [-0.2, -0.15) is 0 Å². The van der Waals surface area contributed by atoms with Crippen LogP contribution in [0.5, 0.6) is 0 Å². The highest BCUT2D eigenvalue weighted by atomic mass is 35.5. The number of nitro benzene ring substituents is 1. The maximum absolute atomic E-state index is 13.3. The molecule has 1 fully saturated rings. The first-order chi connectivity index (χ1) is 15.4. The number of carbonyl (C=O) groups is 1. The Labute approximate surface area is 194 Å². The zero-order valence-corrected chi connectivity index (χ0v) is 19.2. The number of aromatic nitrogens is 1. The van der Waals surface area contributed by atoms with Crippen molar-refractivity contribution in [3.05, 3.63) is 62.7 Å². The lowest BCUT2D eigenvalue weighted by molar-refractivity contribution is -0.384. The Morgan fingerprint density at radius 2 is 1.97 bits per heavy atom. The van der Waals surface area contributed by atoms with Gasteiger partial charge in [0.2, 0.25) is 5.91 Å². The zero-order valence-electron chi connectivity index (χ0n) is 17.6. The normalized spacial score (nSPS) is 14.6. The Morgan fingerprint density at radius 3 is 2.66 bits per heavy atom. The lowest BCUT2D eigenvalue weighted by Crippen LogP contribution is -2.43. The number of aryl methyl sites for hydroxylation is 1. The summed E-state index contributed by atoms with van der Waals surface area (Å²) < 4.78 is 6.39. The van der Waals surface area contributed by atoms with E-state index < -0.39 is 4.92 Å². The van der Waals surface area contributed by atoms with E-state index in [1.165, 1.54) is 23.5 Å². The van der Waals surface area contributed by atoms with Gasteiger partial charge >= 0.3 is 0 Å².